The summed E-state index contributed by atoms with van der Waals surface area (Å²) >= 11 is 0. The smallest absolute Gasteiger partial charge is 0.241 e. The molecule has 5 nitrogen and oxygen atoms in total. The second-order valence-electron chi connectivity index (χ2n) is 6.65. The van der Waals surface area contributed by atoms with E-state index in [4.69, 9.17) is 9.47 Å². The molecule has 1 N–H and O–H groups in total. The summed E-state index contributed by atoms with van der Waals surface area (Å²) in [5.41, 5.74) is 3.39. The SMILES string of the molecule is Cc1cccc(C)c1NCC(=O)N1CCC2(CC1)OC[C@H](C)O2. The van der Waals surface area contributed by atoms with E-state index in [1.54, 1.807) is 0 Å². The molecule has 0 radical (unpaired) electrons. The second kappa shape index (κ2) is 6.49. The average molecular weight is 318 g/mol. The largest absolute Gasteiger partial charge is 0.376 e. The molecule has 1 spiro atoms. The summed E-state index contributed by atoms with van der Waals surface area (Å²) in [4.78, 5) is 14.3. The quantitative estimate of drug-likeness (QED) is 0.930. The molecule has 1 atom stereocenters. The highest BCUT2D eigenvalue weighted by Gasteiger charge is 2.43. The van der Waals surface area contributed by atoms with Crippen LogP contribution in [-0.2, 0) is 14.3 Å². The lowest BCUT2D eigenvalue weighted by atomic mass is 10.0. The van der Waals surface area contributed by atoms with Crippen molar-refractivity contribution in [2.45, 2.75) is 45.5 Å². The fourth-order valence-electron chi connectivity index (χ4n) is 3.43. The van der Waals surface area contributed by atoms with Crippen molar-refractivity contribution < 1.29 is 14.3 Å². The van der Waals surface area contributed by atoms with Crippen LogP contribution >= 0.6 is 0 Å². The van der Waals surface area contributed by atoms with Crippen molar-refractivity contribution in [2.24, 2.45) is 0 Å². The molecule has 1 amide bonds. The Morgan fingerprint density at radius 2 is 1.96 bits per heavy atom. The zero-order valence-electron chi connectivity index (χ0n) is 14.2. The van der Waals surface area contributed by atoms with Crippen molar-refractivity contribution in [1.29, 1.82) is 0 Å². The topological polar surface area (TPSA) is 50.8 Å². The predicted octanol–water partition coefficient (Wildman–Crippen LogP) is 2.47. The fourth-order valence-corrected chi connectivity index (χ4v) is 3.43. The molecule has 2 heterocycles. The van der Waals surface area contributed by atoms with E-state index in [2.05, 4.69) is 31.3 Å². The Hall–Kier alpha value is -1.59. The number of hydrogen-bond acceptors (Lipinski definition) is 4. The summed E-state index contributed by atoms with van der Waals surface area (Å²) in [7, 11) is 0. The van der Waals surface area contributed by atoms with Crippen LogP contribution in [0, 0.1) is 13.8 Å². The van der Waals surface area contributed by atoms with Gasteiger partial charge in [0.15, 0.2) is 5.79 Å². The zero-order valence-corrected chi connectivity index (χ0v) is 14.2. The summed E-state index contributed by atoms with van der Waals surface area (Å²) in [6, 6.07) is 6.14. The Kier molecular flexibility index (Phi) is 4.60. The van der Waals surface area contributed by atoms with Gasteiger partial charge in [-0.2, -0.15) is 0 Å². The van der Waals surface area contributed by atoms with E-state index in [-0.39, 0.29) is 12.0 Å². The lowest BCUT2D eigenvalue weighted by Crippen LogP contribution is -2.48. The van der Waals surface area contributed by atoms with Gasteiger partial charge in [0.05, 0.1) is 19.3 Å². The molecule has 0 saturated carbocycles. The predicted molar refractivity (Wildman–Crippen MR) is 89.4 cm³/mol. The third kappa shape index (κ3) is 3.51. The van der Waals surface area contributed by atoms with Crippen molar-refractivity contribution >= 4 is 11.6 Å². The zero-order chi connectivity index (χ0) is 16.4. The maximum Gasteiger partial charge on any atom is 0.241 e. The Labute approximate surface area is 137 Å². The number of para-hydroxylation sites is 1. The van der Waals surface area contributed by atoms with Gasteiger partial charge in [-0.3, -0.25) is 4.79 Å². The van der Waals surface area contributed by atoms with Crippen molar-refractivity contribution in [1.82, 2.24) is 4.90 Å². The average Bonchev–Trinajstić information content (AvgIpc) is 2.88. The molecule has 0 unspecified atom stereocenters. The van der Waals surface area contributed by atoms with Gasteiger partial charge in [0.1, 0.15) is 0 Å². The molecule has 2 aliphatic heterocycles. The summed E-state index contributed by atoms with van der Waals surface area (Å²) in [5.74, 6) is -0.315. The Balaban J connectivity index is 1.52. The van der Waals surface area contributed by atoms with E-state index in [0.717, 1.165) is 29.7 Å². The molecule has 126 valence electrons. The summed E-state index contributed by atoms with van der Waals surface area (Å²) in [6.07, 6.45) is 1.67. The van der Waals surface area contributed by atoms with Gasteiger partial charge in [-0.25, -0.2) is 0 Å². The number of benzene rings is 1. The summed E-state index contributed by atoms with van der Waals surface area (Å²) in [6.45, 7) is 8.51. The number of piperidine rings is 1. The maximum atomic E-state index is 12.4. The van der Waals surface area contributed by atoms with Gasteiger partial charge in [0.25, 0.3) is 0 Å². The van der Waals surface area contributed by atoms with Gasteiger partial charge < -0.3 is 19.7 Å². The molecule has 5 heteroatoms. The number of anilines is 1. The Morgan fingerprint density at radius 3 is 2.52 bits per heavy atom. The van der Waals surface area contributed by atoms with E-state index in [1.807, 2.05) is 17.9 Å². The van der Waals surface area contributed by atoms with Crippen LogP contribution in [0.5, 0.6) is 0 Å². The van der Waals surface area contributed by atoms with E-state index in [0.29, 0.717) is 26.2 Å². The van der Waals surface area contributed by atoms with Crippen molar-refractivity contribution in [3.63, 3.8) is 0 Å². The lowest BCUT2D eigenvalue weighted by Gasteiger charge is -2.38. The number of nitrogens with one attached hydrogen (secondary N) is 1. The van der Waals surface area contributed by atoms with Crippen LogP contribution in [0.25, 0.3) is 0 Å². The molecule has 23 heavy (non-hydrogen) atoms. The highest BCUT2D eigenvalue weighted by Crippen LogP contribution is 2.33. The molecule has 1 aromatic carbocycles. The minimum atomic E-state index is -0.448. The summed E-state index contributed by atoms with van der Waals surface area (Å²) < 4.78 is 11.7. The lowest BCUT2D eigenvalue weighted by molar-refractivity contribution is -0.194. The van der Waals surface area contributed by atoms with Crippen LogP contribution in [-0.4, -0.2) is 48.9 Å². The standard InChI is InChI=1S/C18H26N2O3/c1-13-5-4-6-14(2)17(13)19-11-16(21)20-9-7-18(8-10-20)22-12-15(3)23-18/h4-6,15,19H,7-12H2,1-3H3/t15-/m0/s1. The Morgan fingerprint density at radius 1 is 1.30 bits per heavy atom. The number of hydrogen-bond donors (Lipinski definition) is 1. The first kappa shape index (κ1) is 16.3. The van der Waals surface area contributed by atoms with Crippen LogP contribution < -0.4 is 5.32 Å². The van der Waals surface area contributed by atoms with Crippen molar-refractivity contribution in [3.8, 4) is 0 Å². The number of carbonyl (C=O) groups excluding carboxylic acids is 1. The number of ether oxygens (including phenoxy) is 2. The van der Waals surface area contributed by atoms with Crippen molar-refractivity contribution in [3.05, 3.63) is 29.3 Å². The normalized spacial score (nSPS) is 23.3. The van der Waals surface area contributed by atoms with Crippen LogP contribution in [0.1, 0.15) is 30.9 Å². The Bertz CT molecular complexity index is 559. The second-order valence-corrected chi connectivity index (χ2v) is 6.65. The number of amides is 1. The van der Waals surface area contributed by atoms with Crippen LogP contribution in [0.15, 0.2) is 18.2 Å². The first-order valence-corrected chi connectivity index (χ1v) is 8.39. The van der Waals surface area contributed by atoms with Crippen LogP contribution in [0.4, 0.5) is 5.69 Å². The van der Waals surface area contributed by atoms with Crippen molar-refractivity contribution in [2.75, 3.05) is 31.6 Å². The summed E-state index contributed by atoms with van der Waals surface area (Å²) in [5, 5.41) is 3.29. The van der Waals surface area contributed by atoms with Crippen LogP contribution in [0.2, 0.25) is 0 Å². The van der Waals surface area contributed by atoms with Gasteiger partial charge in [0, 0.05) is 31.6 Å². The number of nitrogens with zero attached hydrogens (tertiary/aromatic N) is 1. The third-order valence-electron chi connectivity index (χ3n) is 4.77. The first-order chi connectivity index (χ1) is 11.0. The number of aryl methyl sites for hydroxylation is 2. The molecule has 3 rings (SSSR count). The molecule has 2 saturated heterocycles. The first-order valence-electron chi connectivity index (χ1n) is 8.39. The molecular formula is C18H26N2O3. The number of carbonyl (C=O) groups is 1. The van der Waals surface area contributed by atoms with Gasteiger partial charge in [-0.05, 0) is 31.9 Å². The minimum absolute atomic E-state index is 0.133. The van der Waals surface area contributed by atoms with E-state index in [1.165, 1.54) is 0 Å². The molecule has 2 aliphatic rings. The van der Waals surface area contributed by atoms with E-state index < -0.39 is 5.79 Å². The monoisotopic (exact) mass is 318 g/mol. The molecule has 0 bridgehead atoms. The number of rotatable bonds is 3. The van der Waals surface area contributed by atoms with E-state index in [9.17, 15) is 4.79 Å². The minimum Gasteiger partial charge on any atom is -0.376 e. The molecule has 0 aromatic heterocycles. The van der Waals surface area contributed by atoms with Gasteiger partial charge in [-0.1, -0.05) is 18.2 Å². The molecule has 1 aromatic rings. The maximum absolute atomic E-state index is 12.4. The van der Waals surface area contributed by atoms with Gasteiger partial charge >= 0.3 is 0 Å². The molecule has 0 aliphatic carbocycles. The molecule has 2 fully saturated rings. The fraction of sp³-hybridized carbons (Fsp3) is 0.611. The van der Waals surface area contributed by atoms with Crippen LogP contribution in [0.3, 0.4) is 0 Å². The third-order valence-corrected chi connectivity index (χ3v) is 4.77. The van der Waals surface area contributed by atoms with E-state index >= 15 is 0 Å². The highest BCUT2D eigenvalue weighted by molar-refractivity contribution is 5.81. The molecular weight excluding hydrogens is 292 g/mol. The highest BCUT2D eigenvalue weighted by atomic mass is 16.7. The van der Waals surface area contributed by atoms with Gasteiger partial charge in [-0.15, -0.1) is 0 Å². The number of likely N-dealkylation sites (tertiary alicyclic amines) is 1. The van der Waals surface area contributed by atoms with Gasteiger partial charge in [0.2, 0.25) is 5.91 Å².